The summed E-state index contributed by atoms with van der Waals surface area (Å²) >= 11 is 0. The van der Waals surface area contributed by atoms with Crippen LogP contribution in [-0.4, -0.2) is 78.1 Å². The molecule has 1 saturated carbocycles. The number of hydrogen-bond acceptors (Lipinski definition) is 4. The van der Waals surface area contributed by atoms with Gasteiger partial charge >= 0.3 is 0 Å². The zero-order valence-electron chi connectivity index (χ0n) is 14.2. The summed E-state index contributed by atoms with van der Waals surface area (Å²) in [6, 6.07) is 2.31. The Hall–Kier alpha value is -0.160. The SMILES string of the molecule is CCN1CCCC1CN(C)C1(CN)CC(C)N(C2CC2)C1. The fraction of sp³-hybridized carbons (Fsp3) is 1.00. The highest BCUT2D eigenvalue weighted by atomic mass is 15.3. The van der Waals surface area contributed by atoms with Crippen LogP contribution in [0.4, 0.5) is 0 Å². The fourth-order valence-electron chi connectivity index (χ4n) is 4.73. The molecular formula is C17H34N4. The third-order valence-corrected chi connectivity index (χ3v) is 6.31. The second-order valence-electron chi connectivity index (χ2n) is 7.69. The van der Waals surface area contributed by atoms with Crippen molar-refractivity contribution in [3.63, 3.8) is 0 Å². The van der Waals surface area contributed by atoms with Crippen LogP contribution in [0.3, 0.4) is 0 Å². The maximum atomic E-state index is 6.27. The average molecular weight is 294 g/mol. The third-order valence-electron chi connectivity index (χ3n) is 6.31. The van der Waals surface area contributed by atoms with Crippen LogP contribution < -0.4 is 5.73 Å². The molecule has 2 heterocycles. The lowest BCUT2D eigenvalue weighted by molar-refractivity contribution is 0.0936. The summed E-state index contributed by atoms with van der Waals surface area (Å²) in [6.45, 7) is 10.4. The van der Waals surface area contributed by atoms with Crippen LogP contribution in [0.5, 0.6) is 0 Å². The Morgan fingerprint density at radius 3 is 2.67 bits per heavy atom. The summed E-state index contributed by atoms with van der Waals surface area (Å²) in [6.07, 6.45) is 6.78. The molecule has 0 radical (unpaired) electrons. The van der Waals surface area contributed by atoms with E-state index in [0.29, 0.717) is 6.04 Å². The highest BCUT2D eigenvalue weighted by molar-refractivity contribution is 5.06. The molecule has 3 rings (SSSR count). The first-order valence-corrected chi connectivity index (χ1v) is 9.00. The first-order chi connectivity index (χ1) is 10.1. The van der Waals surface area contributed by atoms with Gasteiger partial charge in [-0.1, -0.05) is 6.92 Å². The lowest BCUT2D eigenvalue weighted by Crippen LogP contribution is -2.57. The molecule has 3 fully saturated rings. The van der Waals surface area contributed by atoms with E-state index in [4.69, 9.17) is 5.73 Å². The van der Waals surface area contributed by atoms with Crippen molar-refractivity contribution in [2.24, 2.45) is 5.73 Å². The quantitative estimate of drug-likeness (QED) is 0.802. The number of nitrogens with two attached hydrogens (primary N) is 1. The molecule has 2 saturated heterocycles. The van der Waals surface area contributed by atoms with Crippen molar-refractivity contribution in [2.45, 2.75) is 69.6 Å². The van der Waals surface area contributed by atoms with Gasteiger partial charge in [0.1, 0.15) is 0 Å². The predicted molar refractivity (Wildman–Crippen MR) is 88.5 cm³/mol. The summed E-state index contributed by atoms with van der Waals surface area (Å²) in [5.41, 5.74) is 6.49. The Labute approximate surface area is 130 Å². The van der Waals surface area contributed by atoms with Gasteiger partial charge < -0.3 is 5.73 Å². The van der Waals surface area contributed by atoms with Gasteiger partial charge in [-0.15, -0.1) is 0 Å². The summed E-state index contributed by atoms with van der Waals surface area (Å²) in [4.78, 5) is 8.00. The molecule has 0 amide bonds. The second kappa shape index (κ2) is 6.15. The minimum absolute atomic E-state index is 0.212. The number of likely N-dealkylation sites (tertiary alicyclic amines) is 2. The third kappa shape index (κ3) is 3.00. The summed E-state index contributed by atoms with van der Waals surface area (Å²) in [7, 11) is 2.32. The van der Waals surface area contributed by atoms with E-state index < -0.39 is 0 Å². The van der Waals surface area contributed by atoms with Gasteiger partial charge in [-0.3, -0.25) is 14.7 Å². The van der Waals surface area contributed by atoms with Crippen molar-refractivity contribution in [3.8, 4) is 0 Å². The van der Waals surface area contributed by atoms with Crippen LogP contribution in [0.25, 0.3) is 0 Å². The van der Waals surface area contributed by atoms with Crippen molar-refractivity contribution in [1.82, 2.24) is 14.7 Å². The smallest absolute Gasteiger partial charge is 0.0471 e. The molecule has 2 aliphatic heterocycles. The Morgan fingerprint density at radius 2 is 2.05 bits per heavy atom. The molecule has 1 aliphatic carbocycles. The van der Waals surface area contributed by atoms with Gasteiger partial charge in [-0.2, -0.15) is 0 Å². The van der Waals surface area contributed by atoms with Gasteiger partial charge in [0.2, 0.25) is 0 Å². The van der Waals surface area contributed by atoms with Gasteiger partial charge in [0.25, 0.3) is 0 Å². The molecule has 0 aromatic heterocycles. The van der Waals surface area contributed by atoms with Crippen LogP contribution in [0.2, 0.25) is 0 Å². The molecule has 3 aliphatic rings. The van der Waals surface area contributed by atoms with E-state index in [1.807, 2.05) is 0 Å². The minimum Gasteiger partial charge on any atom is -0.329 e. The molecule has 0 bridgehead atoms. The van der Waals surface area contributed by atoms with Crippen LogP contribution in [-0.2, 0) is 0 Å². The van der Waals surface area contributed by atoms with Crippen LogP contribution in [0, 0.1) is 0 Å². The molecule has 21 heavy (non-hydrogen) atoms. The Balaban J connectivity index is 1.65. The number of rotatable bonds is 6. The normalized spacial score (nSPS) is 38.7. The molecule has 0 aromatic carbocycles. The second-order valence-corrected chi connectivity index (χ2v) is 7.69. The van der Waals surface area contributed by atoms with E-state index in [0.717, 1.165) is 18.6 Å². The standard InChI is InChI=1S/C17H34N4/c1-4-20-9-5-6-16(20)11-19(3)17(12-18)10-14(2)21(13-17)15-7-8-15/h14-16H,4-13,18H2,1-3H3. The van der Waals surface area contributed by atoms with E-state index in [9.17, 15) is 0 Å². The van der Waals surface area contributed by atoms with Crippen molar-refractivity contribution >= 4 is 0 Å². The van der Waals surface area contributed by atoms with Crippen LogP contribution in [0.15, 0.2) is 0 Å². The van der Waals surface area contributed by atoms with E-state index >= 15 is 0 Å². The molecule has 122 valence electrons. The van der Waals surface area contributed by atoms with Gasteiger partial charge in [-0.05, 0) is 59.2 Å². The van der Waals surface area contributed by atoms with Crippen molar-refractivity contribution in [1.29, 1.82) is 0 Å². The minimum atomic E-state index is 0.212. The van der Waals surface area contributed by atoms with E-state index in [1.165, 1.54) is 58.3 Å². The van der Waals surface area contributed by atoms with Crippen LogP contribution >= 0.6 is 0 Å². The zero-order valence-corrected chi connectivity index (χ0v) is 14.2. The maximum absolute atomic E-state index is 6.27. The number of likely N-dealkylation sites (N-methyl/N-ethyl adjacent to an activating group) is 2. The molecule has 3 unspecified atom stereocenters. The average Bonchev–Trinajstić information content (AvgIpc) is 3.12. The van der Waals surface area contributed by atoms with Gasteiger partial charge in [0.15, 0.2) is 0 Å². The summed E-state index contributed by atoms with van der Waals surface area (Å²) in [5, 5.41) is 0. The monoisotopic (exact) mass is 294 g/mol. The lowest BCUT2D eigenvalue weighted by Gasteiger charge is -2.40. The predicted octanol–water partition coefficient (Wildman–Crippen LogP) is 1.36. The number of nitrogens with zero attached hydrogens (tertiary/aromatic N) is 3. The van der Waals surface area contributed by atoms with E-state index in [2.05, 4.69) is 35.6 Å². The summed E-state index contributed by atoms with van der Waals surface area (Å²) < 4.78 is 0. The molecular weight excluding hydrogens is 260 g/mol. The number of hydrogen-bond donors (Lipinski definition) is 1. The van der Waals surface area contributed by atoms with Crippen molar-refractivity contribution < 1.29 is 0 Å². The molecule has 0 aromatic rings. The highest BCUT2D eigenvalue weighted by Crippen LogP contribution is 2.39. The Kier molecular flexibility index (Phi) is 4.60. The van der Waals surface area contributed by atoms with Crippen LogP contribution in [0.1, 0.15) is 46.0 Å². The van der Waals surface area contributed by atoms with E-state index in [-0.39, 0.29) is 5.54 Å². The topological polar surface area (TPSA) is 35.7 Å². The van der Waals surface area contributed by atoms with E-state index in [1.54, 1.807) is 0 Å². The maximum Gasteiger partial charge on any atom is 0.0471 e. The highest BCUT2D eigenvalue weighted by Gasteiger charge is 2.48. The first-order valence-electron chi connectivity index (χ1n) is 9.00. The molecule has 4 nitrogen and oxygen atoms in total. The Morgan fingerprint density at radius 1 is 1.29 bits per heavy atom. The molecule has 4 heteroatoms. The van der Waals surface area contributed by atoms with Crippen molar-refractivity contribution in [2.75, 3.05) is 39.8 Å². The lowest BCUT2D eigenvalue weighted by atomic mass is 9.93. The molecule has 3 atom stereocenters. The molecule has 2 N–H and O–H groups in total. The Bertz CT molecular complexity index is 357. The fourth-order valence-corrected chi connectivity index (χ4v) is 4.73. The molecule has 0 spiro atoms. The van der Waals surface area contributed by atoms with Gasteiger partial charge in [-0.25, -0.2) is 0 Å². The van der Waals surface area contributed by atoms with Gasteiger partial charge in [0.05, 0.1) is 0 Å². The largest absolute Gasteiger partial charge is 0.329 e. The zero-order chi connectivity index (χ0) is 15.0. The first kappa shape index (κ1) is 15.7. The van der Waals surface area contributed by atoms with Crippen molar-refractivity contribution in [3.05, 3.63) is 0 Å². The van der Waals surface area contributed by atoms with Gasteiger partial charge in [0, 0.05) is 43.3 Å². The summed E-state index contributed by atoms with van der Waals surface area (Å²) in [5.74, 6) is 0.